The third kappa shape index (κ3) is 3.10. The number of carbonyl (C=O) groups excluding carboxylic acids is 1. The average Bonchev–Trinajstić information content (AvgIpc) is 2.44. The highest BCUT2D eigenvalue weighted by atomic mass is 16.1. The molecule has 1 heterocycles. The summed E-state index contributed by atoms with van der Waals surface area (Å²) in [5.74, 6) is 1.12. The van der Waals surface area contributed by atoms with Gasteiger partial charge in [0.1, 0.15) is 0 Å². The minimum Gasteiger partial charge on any atom is -0.314 e. The van der Waals surface area contributed by atoms with Crippen LogP contribution in [-0.4, -0.2) is 43.4 Å². The Kier molecular flexibility index (Phi) is 4.48. The van der Waals surface area contributed by atoms with Crippen LogP contribution in [0.15, 0.2) is 30.3 Å². The summed E-state index contributed by atoms with van der Waals surface area (Å²) in [7, 11) is 0. The van der Waals surface area contributed by atoms with E-state index in [4.69, 9.17) is 0 Å². The molecule has 1 N–H and O–H groups in total. The average molecular weight is 272 g/mol. The van der Waals surface area contributed by atoms with Crippen LogP contribution in [0.25, 0.3) is 0 Å². The quantitative estimate of drug-likeness (QED) is 0.890. The zero-order chi connectivity index (χ0) is 13.8. The van der Waals surface area contributed by atoms with E-state index >= 15 is 0 Å². The van der Waals surface area contributed by atoms with Crippen molar-refractivity contribution in [2.45, 2.75) is 25.2 Å². The minimum atomic E-state index is 0.125. The fourth-order valence-electron chi connectivity index (χ4n) is 3.34. The van der Waals surface area contributed by atoms with E-state index < -0.39 is 0 Å². The molecule has 0 amide bonds. The van der Waals surface area contributed by atoms with E-state index in [1.54, 1.807) is 0 Å². The van der Waals surface area contributed by atoms with Crippen LogP contribution in [-0.2, 0) is 4.79 Å². The van der Waals surface area contributed by atoms with Gasteiger partial charge < -0.3 is 5.32 Å². The first-order valence-corrected chi connectivity index (χ1v) is 7.85. The Morgan fingerprint density at radius 1 is 1.20 bits per heavy atom. The first kappa shape index (κ1) is 13.8. The highest BCUT2D eigenvalue weighted by Crippen LogP contribution is 2.39. The van der Waals surface area contributed by atoms with Crippen molar-refractivity contribution in [3.8, 4) is 0 Å². The molecule has 1 aliphatic heterocycles. The Hall–Kier alpha value is -1.19. The van der Waals surface area contributed by atoms with Gasteiger partial charge in [-0.2, -0.15) is 0 Å². The van der Waals surface area contributed by atoms with Crippen LogP contribution >= 0.6 is 0 Å². The van der Waals surface area contributed by atoms with Crippen molar-refractivity contribution in [1.29, 1.82) is 0 Å². The Labute approximate surface area is 121 Å². The van der Waals surface area contributed by atoms with Gasteiger partial charge in [-0.15, -0.1) is 0 Å². The second-order valence-electron chi connectivity index (χ2n) is 6.07. The smallest absolute Gasteiger partial charge is 0.154 e. The van der Waals surface area contributed by atoms with Gasteiger partial charge in [-0.3, -0.25) is 9.69 Å². The molecule has 20 heavy (non-hydrogen) atoms. The number of Topliss-reactive ketones (excluding diaryl/α,β-unsaturated/α-hetero) is 1. The van der Waals surface area contributed by atoms with Crippen LogP contribution in [0, 0.1) is 5.92 Å². The summed E-state index contributed by atoms with van der Waals surface area (Å²) in [4.78, 5) is 15.1. The molecule has 3 nitrogen and oxygen atoms in total. The molecule has 2 fully saturated rings. The number of ketones is 1. The molecule has 108 valence electrons. The first-order valence-electron chi connectivity index (χ1n) is 7.85. The summed E-state index contributed by atoms with van der Waals surface area (Å²) >= 11 is 0. The third-order valence-corrected chi connectivity index (χ3v) is 4.72. The van der Waals surface area contributed by atoms with Crippen LogP contribution < -0.4 is 5.32 Å². The lowest BCUT2D eigenvalue weighted by atomic mass is 9.71. The number of piperazine rings is 1. The summed E-state index contributed by atoms with van der Waals surface area (Å²) in [6.45, 7) is 4.63. The zero-order valence-electron chi connectivity index (χ0n) is 12.1. The van der Waals surface area contributed by atoms with Crippen molar-refractivity contribution in [2.75, 3.05) is 32.7 Å². The molecule has 1 atom stereocenters. The first-order chi connectivity index (χ1) is 9.84. The lowest BCUT2D eigenvalue weighted by Gasteiger charge is -2.35. The molecule has 3 heteroatoms. The molecule has 0 spiro atoms. The van der Waals surface area contributed by atoms with Gasteiger partial charge in [0, 0.05) is 32.1 Å². The van der Waals surface area contributed by atoms with Crippen LogP contribution in [0.5, 0.6) is 0 Å². The van der Waals surface area contributed by atoms with E-state index in [0.29, 0.717) is 18.2 Å². The van der Waals surface area contributed by atoms with E-state index in [9.17, 15) is 4.79 Å². The summed E-state index contributed by atoms with van der Waals surface area (Å²) in [5, 5.41) is 3.34. The molecule has 0 bridgehead atoms. The molecule has 2 aliphatic rings. The number of nitrogens with zero attached hydrogens (tertiary/aromatic N) is 1. The van der Waals surface area contributed by atoms with E-state index in [-0.39, 0.29) is 5.92 Å². The van der Waals surface area contributed by atoms with Crippen LogP contribution in [0.4, 0.5) is 0 Å². The number of carbonyl (C=O) groups is 1. The van der Waals surface area contributed by atoms with Gasteiger partial charge in [-0.25, -0.2) is 0 Å². The fourth-order valence-corrected chi connectivity index (χ4v) is 3.34. The largest absolute Gasteiger partial charge is 0.314 e. The molecular formula is C17H24N2O. The maximum Gasteiger partial charge on any atom is 0.154 e. The molecule has 1 unspecified atom stereocenters. The summed E-state index contributed by atoms with van der Waals surface area (Å²) < 4.78 is 0. The van der Waals surface area contributed by atoms with E-state index in [1.807, 2.05) is 6.07 Å². The number of nitrogens with one attached hydrogen (secondary N) is 1. The fraction of sp³-hybridized carbons (Fsp3) is 0.588. The SMILES string of the molecule is O=C(CN1CCNCC1)C(c1ccccc1)C1CCC1. The lowest BCUT2D eigenvalue weighted by molar-refractivity contribution is -0.123. The number of benzene rings is 1. The lowest BCUT2D eigenvalue weighted by Crippen LogP contribution is -2.46. The molecule has 1 aromatic carbocycles. The topological polar surface area (TPSA) is 32.3 Å². The Balaban J connectivity index is 1.70. The second-order valence-corrected chi connectivity index (χ2v) is 6.07. The van der Waals surface area contributed by atoms with E-state index in [0.717, 1.165) is 26.2 Å². The molecule has 1 saturated heterocycles. The van der Waals surface area contributed by atoms with Crippen molar-refractivity contribution < 1.29 is 4.79 Å². The summed E-state index contributed by atoms with van der Waals surface area (Å²) in [5.41, 5.74) is 1.22. The monoisotopic (exact) mass is 272 g/mol. The van der Waals surface area contributed by atoms with Crippen molar-refractivity contribution in [3.63, 3.8) is 0 Å². The van der Waals surface area contributed by atoms with Gasteiger partial charge >= 0.3 is 0 Å². The highest BCUT2D eigenvalue weighted by Gasteiger charge is 2.34. The van der Waals surface area contributed by atoms with Gasteiger partial charge in [0.2, 0.25) is 0 Å². The van der Waals surface area contributed by atoms with Crippen LogP contribution in [0.3, 0.4) is 0 Å². The summed E-state index contributed by atoms with van der Waals surface area (Å²) in [6.07, 6.45) is 3.72. The maximum atomic E-state index is 12.8. The molecular weight excluding hydrogens is 248 g/mol. The molecule has 0 aromatic heterocycles. The predicted molar refractivity (Wildman–Crippen MR) is 80.8 cm³/mol. The van der Waals surface area contributed by atoms with Crippen molar-refractivity contribution in [3.05, 3.63) is 35.9 Å². The van der Waals surface area contributed by atoms with E-state index in [1.165, 1.54) is 24.8 Å². The number of hydrogen-bond donors (Lipinski definition) is 1. The zero-order valence-corrected chi connectivity index (χ0v) is 12.1. The van der Waals surface area contributed by atoms with Crippen molar-refractivity contribution >= 4 is 5.78 Å². The van der Waals surface area contributed by atoms with E-state index in [2.05, 4.69) is 34.5 Å². The van der Waals surface area contributed by atoms with Crippen molar-refractivity contribution in [2.24, 2.45) is 5.92 Å². The standard InChI is InChI=1S/C17H24N2O/c20-16(13-19-11-9-18-10-12-19)17(15-7-4-8-15)14-5-2-1-3-6-14/h1-3,5-6,15,17-18H,4,7-13H2. The molecule has 1 saturated carbocycles. The molecule has 1 aliphatic carbocycles. The van der Waals surface area contributed by atoms with Gasteiger partial charge in [0.25, 0.3) is 0 Å². The van der Waals surface area contributed by atoms with Gasteiger partial charge in [-0.05, 0) is 24.3 Å². The number of hydrogen-bond acceptors (Lipinski definition) is 3. The second kappa shape index (κ2) is 6.51. The highest BCUT2D eigenvalue weighted by molar-refractivity contribution is 5.88. The van der Waals surface area contributed by atoms with Gasteiger partial charge in [-0.1, -0.05) is 36.8 Å². The van der Waals surface area contributed by atoms with Gasteiger partial charge in [0.05, 0.1) is 6.54 Å². The van der Waals surface area contributed by atoms with Crippen molar-refractivity contribution in [1.82, 2.24) is 10.2 Å². The Bertz CT molecular complexity index is 436. The normalized spacial score (nSPS) is 22.2. The summed E-state index contributed by atoms with van der Waals surface area (Å²) in [6, 6.07) is 10.4. The van der Waals surface area contributed by atoms with Gasteiger partial charge in [0.15, 0.2) is 5.78 Å². The maximum absolute atomic E-state index is 12.8. The Morgan fingerprint density at radius 3 is 2.50 bits per heavy atom. The predicted octanol–water partition coefficient (Wildman–Crippen LogP) is 2.04. The Morgan fingerprint density at radius 2 is 1.90 bits per heavy atom. The van der Waals surface area contributed by atoms with Crippen LogP contribution in [0.2, 0.25) is 0 Å². The van der Waals surface area contributed by atoms with Crippen LogP contribution in [0.1, 0.15) is 30.7 Å². The molecule has 1 aromatic rings. The minimum absolute atomic E-state index is 0.125. The molecule has 3 rings (SSSR count). The third-order valence-electron chi connectivity index (χ3n) is 4.72. The molecule has 0 radical (unpaired) electrons. The number of rotatable bonds is 5.